The van der Waals surface area contributed by atoms with E-state index in [1.165, 1.54) is 0 Å². The molecule has 3 heterocycles. The first-order valence-electron chi connectivity index (χ1n) is 9.84. The minimum atomic E-state index is -1.03. The second-order valence-electron chi connectivity index (χ2n) is 7.65. The number of benzene rings is 1. The van der Waals surface area contributed by atoms with Gasteiger partial charge in [0.1, 0.15) is 6.04 Å². The zero-order valence-corrected chi connectivity index (χ0v) is 16.7. The van der Waals surface area contributed by atoms with Gasteiger partial charge in [0.05, 0.1) is 5.56 Å². The van der Waals surface area contributed by atoms with Gasteiger partial charge in [0.25, 0.3) is 0 Å². The predicted molar refractivity (Wildman–Crippen MR) is 111 cm³/mol. The zero-order valence-electron chi connectivity index (χ0n) is 16.7. The lowest BCUT2D eigenvalue weighted by Crippen LogP contribution is -2.48. The Morgan fingerprint density at radius 2 is 1.90 bits per heavy atom. The van der Waals surface area contributed by atoms with E-state index in [1.54, 1.807) is 30.6 Å². The largest absolute Gasteiger partial charge is 0.480 e. The van der Waals surface area contributed by atoms with E-state index in [0.29, 0.717) is 24.0 Å². The highest BCUT2D eigenvalue weighted by Gasteiger charge is 2.32. The molecular formula is C22H24N4O4. The summed E-state index contributed by atoms with van der Waals surface area (Å²) in [6, 6.07) is 7.97. The van der Waals surface area contributed by atoms with Crippen molar-refractivity contribution in [2.45, 2.75) is 12.6 Å². The van der Waals surface area contributed by atoms with Gasteiger partial charge in [-0.1, -0.05) is 6.07 Å². The number of nitrogens with zero attached hydrogens (tertiary/aromatic N) is 4. The molecule has 1 aliphatic heterocycles. The third-order valence-electron chi connectivity index (χ3n) is 5.70. The summed E-state index contributed by atoms with van der Waals surface area (Å²) < 4.78 is 1.85. The van der Waals surface area contributed by atoms with Crippen LogP contribution in [0.1, 0.15) is 27.5 Å². The number of aryl methyl sites for hydroxylation is 1. The molecule has 0 aliphatic carbocycles. The van der Waals surface area contributed by atoms with Gasteiger partial charge in [-0.05, 0) is 29.8 Å². The molecule has 3 aromatic rings. The molecule has 0 saturated carbocycles. The monoisotopic (exact) mass is 408 g/mol. The molecule has 0 radical (unpaired) electrons. The first-order chi connectivity index (χ1) is 14.4. The van der Waals surface area contributed by atoms with E-state index in [2.05, 4.69) is 9.88 Å². The molecule has 1 atom stereocenters. The molecule has 1 fully saturated rings. The third-order valence-corrected chi connectivity index (χ3v) is 5.70. The number of aromatic carboxylic acids is 1. The van der Waals surface area contributed by atoms with Crippen LogP contribution < -0.4 is 0 Å². The van der Waals surface area contributed by atoms with Gasteiger partial charge < -0.3 is 14.8 Å². The fourth-order valence-corrected chi connectivity index (χ4v) is 4.19. The molecule has 0 amide bonds. The summed E-state index contributed by atoms with van der Waals surface area (Å²) in [5.41, 5.74) is 2.73. The Morgan fingerprint density at radius 1 is 1.13 bits per heavy atom. The van der Waals surface area contributed by atoms with Gasteiger partial charge >= 0.3 is 11.9 Å². The normalized spacial score (nSPS) is 16.6. The van der Waals surface area contributed by atoms with Crippen LogP contribution in [0.15, 0.2) is 48.9 Å². The van der Waals surface area contributed by atoms with Gasteiger partial charge in [-0.3, -0.25) is 19.6 Å². The predicted octanol–water partition coefficient (Wildman–Crippen LogP) is 2.21. The minimum Gasteiger partial charge on any atom is -0.480 e. The number of carbonyl (C=O) groups is 2. The van der Waals surface area contributed by atoms with E-state index in [1.807, 2.05) is 34.8 Å². The molecule has 30 heavy (non-hydrogen) atoms. The second kappa shape index (κ2) is 8.25. The number of hydrogen-bond acceptors (Lipinski definition) is 5. The van der Waals surface area contributed by atoms with Crippen molar-refractivity contribution < 1.29 is 19.8 Å². The summed E-state index contributed by atoms with van der Waals surface area (Å²) in [6.45, 7) is 3.53. The second-order valence-corrected chi connectivity index (χ2v) is 7.65. The van der Waals surface area contributed by atoms with Crippen molar-refractivity contribution in [2.75, 3.05) is 26.2 Å². The molecule has 8 nitrogen and oxygen atoms in total. The quantitative estimate of drug-likeness (QED) is 0.645. The van der Waals surface area contributed by atoms with Gasteiger partial charge in [0.2, 0.25) is 0 Å². The lowest BCUT2D eigenvalue weighted by atomic mass is 10.0. The summed E-state index contributed by atoms with van der Waals surface area (Å²) in [5, 5.41) is 20.1. The Morgan fingerprint density at radius 3 is 2.53 bits per heavy atom. The van der Waals surface area contributed by atoms with Crippen LogP contribution >= 0.6 is 0 Å². The van der Waals surface area contributed by atoms with Crippen LogP contribution in [0.3, 0.4) is 0 Å². The standard InChI is InChI=1S/C22H24N4O4/c1-24-14-18(17-11-16(21(27)28)4-5-19(17)24)20(22(29)30)26-9-7-25(8-10-26)13-15-3-2-6-23-12-15/h2-6,11-12,14,20H,7-10,13H2,1H3,(H,27,28)(H,29,30). The van der Waals surface area contributed by atoms with Crippen LogP contribution in [-0.4, -0.2) is 67.7 Å². The molecule has 8 heteroatoms. The van der Waals surface area contributed by atoms with Crippen LogP contribution in [0, 0.1) is 0 Å². The highest BCUT2D eigenvalue weighted by Crippen LogP contribution is 2.31. The van der Waals surface area contributed by atoms with Crippen LogP contribution in [0.4, 0.5) is 0 Å². The molecular weight excluding hydrogens is 384 g/mol. The van der Waals surface area contributed by atoms with E-state index in [0.717, 1.165) is 30.7 Å². The van der Waals surface area contributed by atoms with Crippen molar-refractivity contribution in [1.29, 1.82) is 0 Å². The van der Waals surface area contributed by atoms with Crippen molar-refractivity contribution in [1.82, 2.24) is 19.4 Å². The zero-order chi connectivity index (χ0) is 21.3. The summed E-state index contributed by atoms with van der Waals surface area (Å²) in [7, 11) is 1.84. The van der Waals surface area contributed by atoms with E-state index >= 15 is 0 Å². The minimum absolute atomic E-state index is 0.153. The van der Waals surface area contributed by atoms with Gasteiger partial charge in [-0.2, -0.15) is 0 Å². The van der Waals surface area contributed by atoms with Gasteiger partial charge in [-0.25, -0.2) is 4.79 Å². The Bertz CT molecular complexity index is 1070. The smallest absolute Gasteiger partial charge is 0.335 e. The third kappa shape index (κ3) is 3.92. The maximum Gasteiger partial charge on any atom is 0.335 e. The fourth-order valence-electron chi connectivity index (χ4n) is 4.19. The Hall–Kier alpha value is -3.23. The van der Waals surface area contributed by atoms with Crippen molar-refractivity contribution in [3.8, 4) is 0 Å². The summed E-state index contributed by atoms with van der Waals surface area (Å²) in [5.74, 6) is -1.95. The molecule has 0 bridgehead atoms. The highest BCUT2D eigenvalue weighted by atomic mass is 16.4. The average molecular weight is 408 g/mol. The van der Waals surface area contributed by atoms with Crippen molar-refractivity contribution >= 4 is 22.8 Å². The lowest BCUT2D eigenvalue weighted by molar-refractivity contribution is -0.144. The summed E-state index contributed by atoms with van der Waals surface area (Å²) >= 11 is 0. The number of fused-ring (bicyclic) bond motifs is 1. The molecule has 4 rings (SSSR count). The molecule has 1 saturated heterocycles. The lowest BCUT2D eigenvalue weighted by Gasteiger charge is -2.37. The van der Waals surface area contributed by atoms with E-state index < -0.39 is 18.0 Å². The molecule has 1 aromatic carbocycles. The first-order valence-corrected chi connectivity index (χ1v) is 9.84. The van der Waals surface area contributed by atoms with E-state index in [4.69, 9.17) is 0 Å². The van der Waals surface area contributed by atoms with Gasteiger partial charge in [0, 0.05) is 74.8 Å². The number of aliphatic carboxylic acids is 1. The molecule has 0 spiro atoms. The van der Waals surface area contributed by atoms with Crippen LogP contribution in [-0.2, 0) is 18.4 Å². The summed E-state index contributed by atoms with van der Waals surface area (Å²) in [4.78, 5) is 32.1. The Kier molecular flexibility index (Phi) is 5.52. The number of pyridine rings is 1. The Balaban J connectivity index is 1.57. The van der Waals surface area contributed by atoms with Crippen molar-refractivity contribution in [3.05, 3.63) is 65.6 Å². The molecule has 156 valence electrons. The number of rotatable bonds is 6. The van der Waals surface area contributed by atoms with Gasteiger partial charge in [-0.15, -0.1) is 0 Å². The van der Waals surface area contributed by atoms with E-state index in [9.17, 15) is 19.8 Å². The molecule has 2 aromatic heterocycles. The van der Waals surface area contributed by atoms with Crippen LogP contribution in [0.2, 0.25) is 0 Å². The van der Waals surface area contributed by atoms with Crippen molar-refractivity contribution in [3.63, 3.8) is 0 Å². The number of hydrogen-bond donors (Lipinski definition) is 2. The number of carboxylic acid groups (broad SMARTS) is 2. The number of aromatic nitrogens is 2. The molecule has 1 aliphatic rings. The maximum absolute atomic E-state index is 12.3. The Labute approximate surface area is 174 Å². The number of piperazine rings is 1. The van der Waals surface area contributed by atoms with Gasteiger partial charge in [0.15, 0.2) is 0 Å². The van der Waals surface area contributed by atoms with Crippen molar-refractivity contribution in [2.24, 2.45) is 7.05 Å². The van der Waals surface area contributed by atoms with Crippen LogP contribution in [0.25, 0.3) is 10.9 Å². The molecule has 1 unspecified atom stereocenters. The highest BCUT2D eigenvalue weighted by molar-refractivity contribution is 5.96. The maximum atomic E-state index is 12.3. The number of carboxylic acids is 2. The fraction of sp³-hybridized carbons (Fsp3) is 0.318. The summed E-state index contributed by atoms with van der Waals surface area (Å²) in [6.07, 6.45) is 5.40. The SMILES string of the molecule is Cn1cc(C(C(=O)O)N2CCN(Cc3cccnc3)CC2)c2cc(C(=O)O)ccc21. The molecule has 2 N–H and O–H groups in total. The topological polar surface area (TPSA) is 98.9 Å². The van der Waals surface area contributed by atoms with Crippen LogP contribution in [0.5, 0.6) is 0 Å². The first kappa shape index (κ1) is 20.1. The average Bonchev–Trinajstić information content (AvgIpc) is 3.05. The van der Waals surface area contributed by atoms with E-state index in [-0.39, 0.29) is 5.56 Å².